The van der Waals surface area contributed by atoms with E-state index in [2.05, 4.69) is 15.2 Å². The third-order valence-corrected chi connectivity index (χ3v) is 5.58. The van der Waals surface area contributed by atoms with E-state index >= 15 is 0 Å². The minimum atomic E-state index is -0.122. The fourth-order valence-electron chi connectivity index (χ4n) is 2.88. The lowest BCUT2D eigenvalue weighted by atomic mass is 10.1. The van der Waals surface area contributed by atoms with Gasteiger partial charge in [-0.05, 0) is 49.8 Å². The standard InChI is InChI=1S/C18H24N4OS/c1-14(16-7-6-12-24-16)21(2)18(23)20-15-8-9-17(19-13-15)22-10-4-3-5-11-22/h6-9,12-14H,3-5,10-11H2,1-2H3,(H,20,23)/t14-/m0/s1. The van der Waals surface area contributed by atoms with Crippen molar-refractivity contribution in [1.82, 2.24) is 9.88 Å². The van der Waals surface area contributed by atoms with Gasteiger partial charge in [0.15, 0.2) is 0 Å². The summed E-state index contributed by atoms with van der Waals surface area (Å²) in [5.41, 5.74) is 0.728. The van der Waals surface area contributed by atoms with Crippen molar-refractivity contribution in [1.29, 1.82) is 0 Å². The van der Waals surface area contributed by atoms with Crippen molar-refractivity contribution in [3.63, 3.8) is 0 Å². The maximum atomic E-state index is 12.4. The smallest absolute Gasteiger partial charge is 0.322 e. The monoisotopic (exact) mass is 344 g/mol. The number of nitrogens with one attached hydrogen (secondary N) is 1. The number of thiophene rings is 1. The summed E-state index contributed by atoms with van der Waals surface area (Å²) >= 11 is 1.66. The summed E-state index contributed by atoms with van der Waals surface area (Å²) in [5, 5.41) is 4.95. The van der Waals surface area contributed by atoms with Gasteiger partial charge >= 0.3 is 6.03 Å². The Morgan fingerprint density at radius 3 is 2.71 bits per heavy atom. The van der Waals surface area contributed by atoms with Crippen LogP contribution in [0.15, 0.2) is 35.8 Å². The number of hydrogen-bond acceptors (Lipinski definition) is 4. The summed E-state index contributed by atoms with van der Waals surface area (Å²) in [5.74, 6) is 0.994. The van der Waals surface area contributed by atoms with Crippen LogP contribution in [0.25, 0.3) is 0 Å². The first kappa shape index (κ1) is 16.8. The molecule has 0 radical (unpaired) electrons. The van der Waals surface area contributed by atoms with E-state index in [-0.39, 0.29) is 12.1 Å². The van der Waals surface area contributed by atoms with E-state index in [1.54, 1.807) is 22.4 Å². The fraction of sp³-hybridized carbons (Fsp3) is 0.444. The number of anilines is 2. The number of pyridine rings is 1. The van der Waals surface area contributed by atoms with Crippen LogP contribution >= 0.6 is 11.3 Å². The predicted octanol–water partition coefficient (Wildman–Crippen LogP) is 4.36. The van der Waals surface area contributed by atoms with Gasteiger partial charge in [0, 0.05) is 25.0 Å². The molecule has 5 nitrogen and oxygen atoms in total. The molecule has 0 bridgehead atoms. The molecule has 1 aliphatic rings. The molecule has 0 aliphatic carbocycles. The molecule has 128 valence electrons. The maximum absolute atomic E-state index is 12.4. The van der Waals surface area contributed by atoms with Crippen LogP contribution in [0.4, 0.5) is 16.3 Å². The molecule has 2 aromatic heterocycles. The fourth-order valence-corrected chi connectivity index (χ4v) is 3.70. The zero-order chi connectivity index (χ0) is 16.9. The number of carbonyl (C=O) groups is 1. The summed E-state index contributed by atoms with van der Waals surface area (Å²) in [6.45, 7) is 4.17. The van der Waals surface area contributed by atoms with Crippen LogP contribution in [0.1, 0.15) is 37.1 Å². The molecular weight excluding hydrogens is 320 g/mol. The second kappa shape index (κ2) is 7.66. The largest absolute Gasteiger partial charge is 0.357 e. The lowest BCUT2D eigenvalue weighted by molar-refractivity contribution is 0.209. The van der Waals surface area contributed by atoms with E-state index in [4.69, 9.17) is 0 Å². The Kier molecular flexibility index (Phi) is 5.35. The van der Waals surface area contributed by atoms with Gasteiger partial charge in [-0.2, -0.15) is 0 Å². The van der Waals surface area contributed by atoms with E-state index in [1.165, 1.54) is 24.1 Å². The number of nitrogens with zero attached hydrogens (tertiary/aromatic N) is 3. The van der Waals surface area contributed by atoms with Crippen LogP contribution in [0.5, 0.6) is 0 Å². The van der Waals surface area contributed by atoms with Crippen molar-refractivity contribution in [3.05, 3.63) is 40.7 Å². The SMILES string of the molecule is C[C@@H](c1cccs1)N(C)C(=O)Nc1ccc(N2CCCCC2)nc1. The van der Waals surface area contributed by atoms with E-state index in [9.17, 15) is 4.79 Å². The number of hydrogen-bond donors (Lipinski definition) is 1. The minimum absolute atomic E-state index is 0.0468. The van der Waals surface area contributed by atoms with Crippen molar-refractivity contribution < 1.29 is 4.79 Å². The van der Waals surface area contributed by atoms with Gasteiger partial charge < -0.3 is 15.1 Å². The molecule has 6 heteroatoms. The van der Waals surface area contributed by atoms with Gasteiger partial charge in [-0.3, -0.25) is 0 Å². The topological polar surface area (TPSA) is 48.5 Å². The number of piperidine rings is 1. The summed E-state index contributed by atoms with van der Waals surface area (Å²) < 4.78 is 0. The van der Waals surface area contributed by atoms with Gasteiger partial charge in [0.25, 0.3) is 0 Å². The highest BCUT2D eigenvalue weighted by Gasteiger charge is 2.18. The molecule has 0 spiro atoms. The average Bonchev–Trinajstić information content (AvgIpc) is 3.16. The van der Waals surface area contributed by atoms with Crippen LogP contribution in [-0.2, 0) is 0 Å². The van der Waals surface area contributed by atoms with E-state index in [0.29, 0.717) is 0 Å². The molecule has 1 atom stereocenters. The molecule has 3 rings (SSSR count). The first-order valence-electron chi connectivity index (χ1n) is 8.43. The Bertz CT molecular complexity index is 650. The lowest BCUT2D eigenvalue weighted by Gasteiger charge is -2.28. The molecule has 2 amide bonds. The molecule has 3 heterocycles. The van der Waals surface area contributed by atoms with Gasteiger partial charge in [0.05, 0.1) is 17.9 Å². The van der Waals surface area contributed by atoms with Gasteiger partial charge in [-0.25, -0.2) is 9.78 Å². The first-order chi connectivity index (χ1) is 11.6. The first-order valence-corrected chi connectivity index (χ1v) is 9.31. The summed E-state index contributed by atoms with van der Waals surface area (Å²) in [6.07, 6.45) is 5.50. The zero-order valence-electron chi connectivity index (χ0n) is 14.2. The summed E-state index contributed by atoms with van der Waals surface area (Å²) in [7, 11) is 1.81. The molecule has 0 aromatic carbocycles. The Labute approximate surface area is 147 Å². The van der Waals surface area contributed by atoms with E-state index < -0.39 is 0 Å². The predicted molar refractivity (Wildman–Crippen MR) is 99.8 cm³/mol. The van der Waals surface area contributed by atoms with Gasteiger partial charge in [0.2, 0.25) is 0 Å². The highest BCUT2D eigenvalue weighted by Crippen LogP contribution is 2.24. The number of aromatic nitrogens is 1. The maximum Gasteiger partial charge on any atom is 0.322 e. The average molecular weight is 344 g/mol. The van der Waals surface area contributed by atoms with Crippen LogP contribution in [-0.4, -0.2) is 36.1 Å². The van der Waals surface area contributed by atoms with Gasteiger partial charge in [-0.15, -0.1) is 11.3 Å². The van der Waals surface area contributed by atoms with Crippen LogP contribution in [0.3, 0.4) is 0 Å². The Morgan fingerprint density at radius 2 is 2.08 bits per heavy atom. The highest BCUT2D eigenvalue weighted by atomic mass is 32.1. The third-order valence-electron chi connectivity index (χ3n) is 4.54. The number of urea groups is 1. The Balaban J connectivity index is 1.59. The molecule has 24 heavy (non-hydrogen) atoms. The number of carbonyl (C=O) groups excluding carboxylic acids is 1. The van der Waals surface area contributed by atoms with E-state index in [0.717, 1.165) is 24.6 Å². The summed E-state index contributed by atoms with van der Waals surface area (Å²) in [6, 6.07) is 7.90. The van der Waals surface area contributed by atoms with Crippen molar-refractivity contribution in [2.45, 2.75) is 32.2 Å². The Hall–Kier alpha value is -2.08. The molecule has 0 saturated carbocycles. The second-order valence-electron chi connectivity index (χ2n) is 6.19. The molecule has 1 saturated heterocycles. The third kappa shape index (κ3) is 3.87. The molecule has 0 unspecified atom stereocenters. The van der Waals surface area contributed by atoms with Crippen molar-refractivity contribution in [2.24, 2.45) is 0 Å². The van der Waals surface area contributed by atoms with Crippen LogP contribution in [0, 0.1) is 0 Å². The van der Waals surface area contributed by atoms with Crippen molar-refractivity contribution in [2.75, 3.05) is 30.4 Å². The van der Waals surface area contributed by atoms with Gasteiger partial charge in [0.1, 0.15) is 5.82 Å². The highest BCUT2D eigenvalue weighted by molar-refractivity contribution is 7.10. The normalized spacial score (nSPS) is 15.8. The van der Waals surface area contributed by atoms with Crippen molar-refractivity contribution >= 4 is 28.9 Å². The minimum Gasteiger partial charge on any atom is -0.357 e. The number of amides is 2. The Morgan fingerprint density at radius 1 is 1.29 bits per heavy atom. The summed E-state index contributed by atoms with van der Waals surface area (Å²) in [4.78, 5) is 22.1. The molecule has 1 aliphatic heterocycles. The van der Waals surface area contributed by atoms with Gasteiger partial charge in [-0.1, -0.05) is 6.07 Å². The van der Waals surface area contributed by atoms with Crippen LogP contribution in [0.2, 0.25) is 0 Å². The molecule has 1 N–H and O–H groups in total. The molecule has 2 aromatic rings. The van der Waals surface area contributed by atoms with Crippen molar-refractivity contribution in [3.8, 4) is 0 Å². The van der Waals surface area contributed by atoms with E-state index in [1.807, 2.05) is 43.6 Å². The lowest BCUT2D eigenvalue weighted by Crippen LogP contribution is -2.33. The van der Waals surface area contributed by atoms with Crippen LogP contribution < -0.4 is 10.2 Å². The number of rotatable bonds is 4. The molecular formula is C18H24N4OS. The quantitative estimate of drug-likeness (QED) is 0.896. The second-order valence-corrected chi connectivity index (χ2v) is 7.16. The zero-order valence-corrected chi connectivity index (χ0v) is 15.1. The molecule has 1 fully saturated rings.